The molecule has 8 heteroatoms. The predicted molar refractivity (Wildman–Crippen MR) is 89.4 cm³/mol. The molecule has 0 atom stereocenters. The molecule has 2 aromatic rings. The van der Waals surface area contributed by atoms with Crippen molar-refractivity contribution in [3.05, 3.63) is 64.2 Å². The standard InChI is InChI=1S/C17H16N2O6/c1-12-4-2-3-5-15(12)24-11-17(21)25-10-16(20)18-13-6-8-14(9-7-13)19(22)23/h2-9H,10-11H2,1H3,(H,18,20). The fourth-order valence-corrected chi connectivity index (χ4v) is 1.91. The number of carbonyl (C=O) groups excluding carboxylic acids is 2. The lowest BCUT2D eigenvalue weighted by atomic mass is 10.2. The van der Waals surface area contributed by atoms with Gasteiger partial charge in [0, 0.05) is 17.8 Å². The van der Waals surface area contributed by atoms with Gasteiger partial charge in [0.2, 0.25) is 0 Å². The number of aryl methyl sites for hydroxylation is 1. The van der Waals surface area contributed by atoms with Crippen LogP contribution in [0.3, 0.4) is 0 Å². The number of nitrogens with one attached hydrogen (secondary N) is 1. The van der Waals surface area contributed by atoms with E-state index >= 15 is 0 Å². The molecule has 0 aromatic heterocycles. The summed E-state index contributed by atoms with van der Waals surface area (Å²) >= 11 is 0. The molecule has 2 aromatic carbocycles. The molecule has 0 unspecified atom stereocenters. The molecule has 0 bridgehead atoms. The summed E-state index contributed by atoms with van der Waals surface area (Å²) in [6.45, 7) is 1.06. The highest BCUT2D eigenvalue weighted by molar-refractivity contribution is 5.92. The molecule has 0 aliphatic rings. The molecular weight excluding hydrogens is 328 g/mol. The summed E-state index contributed by atoms with van der Waals surface area (Å²) in [5.41, 5.74) is 1.16. The lowest BCUT2D eigenvalue weighted by Crippen LogP contribution is -2.23. The molecule has 2 rings (SSSR count). The molecule has 130 valence electrons. The van der Waals surface area contributed by atoms with E-state index in [2.05, 4.69) is 5.32 Å². The Bertz CT molecular complexity index is 773. The Kier molecular flexibility index (Phi) is 6.05. The Morgan fingerprint density at radius 2 is 1.76 bits per heavy atom. The van der Waals surface area contributed by atoms with Crippen LogP contribution >= 0.6 is 0 Å². The second-order valence-corrected chi connectivity index (χ2v) is 5.07. The van der Waals surface area contributed by atoms with Crippen molar-refractivity contribution in [1.82, 2.24) is 0 Å². The second kappa shape index (κ2) is 8.44. The zero-order valence-corrected chi connectivity index (χ0v) is 13.4. The first-order chi connectivity index (χ1) is 12.0. The lowest BCUT2D eigenvalue weighted by molar-refractivity contribution is -0.384. The number of nitrogens with zero attached hydrogens (tertiary/aromatic N) is 1. The summed E-state index contributed by atoms with van der Waals surface area (Å²) < 4.78 is 10.1. The number of benzene rings is 2. The van der Waals surface area contributed by atoms with Crippen LogP contribution in [-0.4, -0.2) is 30.0 Å². The molecule has 0 radical (unpaired) electrons. The monoisotopic (exact) mass is 344 g/mol. The van der Waals surface area contributed by atoms with Gasteiger partial charge in [-0.1, -0.05) is 18.2 Å². The summed E-state index contributed by atoms with van der Waals surface area (Å²) in [5.74, 6) is -0.671. The van der Waals surface area contributed by atoms with Crippen LogP contribution in [0.4, 0.5) is 11.4 Å². The predicted octanol–water partition coefficient (Wildman–Crippen LogP) is 2.46. The summed E-state index contributed by atoms with van der Waals surface area (Å²) in [4.78, 5) is 33.3. The van der Waals surface area contributed by atoms with Crippen LogP contribution in [0.5, 0.6) is 5.75 Å². The van der Waals surface area contributed by atoms with E-state index in [-0.39, 0.29) is 12.3 Å². The largest absolute Gasteiger partial charge is 0.482 e. The molecule has 0 spiro atoms. The highest BCUT2D eigenvalue weighted by Gasteiger charge is 2.10. The summed E-state index contributed by atoms with van der Waals surface area (Å²) in [6.07, 6.45) is 0. The fraction of sp³-hybridized carbons (Fsp3) is 0.176. The number of hydrogen-bond acceptors (Lipinski definition) is 6. The van der Waals surface area contributed by atoms with Crippen molar-refractivity contribution < 1.29 is 24.0 Å². The molecular formula is C17H16N2O6. The average molecular weight is 344 g/mol. The van der Waals surface area contributed by atoms with E-state index in [9.17, 15) is 19.7 Å². The van der Waals surface area contributed by atoms with Crippen molar-refractivity contribution in [2.24, 2.45) is 0 Å². The van der Waals surface area contributed by atoms with Gasteiger partial charge in [0.15, 0.2) is 13.2 Å². The van der Waals surface area contributed by atoms with Crippen LogP contribution in [0.2, 0.25) is 0 Å². The van der Waals surface area contributed by atoms with Crippen LogP contribution in [-0.2, 0) is 14.3 Å². The Hall–Kier alpha value is -3.42. The third-order valence-corrected chi connectivity index (χ3v) is 3.17. The van der Waals surface area contributed by atoms with Gasteiger partial charge >= 0.3 is 5.97 Å². The zero-order chi connectivity index (χ0) is 18.2. The number of carbonyl (C=O) groups is 2. The molecule has 0 heterocycles. The van der Waals surface area contributed by atoms with Crippen molar-refractivity contribution in [2.75, 3.05) is 18.5 Å². The minimum absolute atomic E-state index is 0.0854. The van der Waals surface area contributed by atoms with Gasteiger partial charge < -0.3 is 14.8 Å². The molecule has 0 fully saturated rings. The van der Waals surface area contributed by atoms with E-state index in [1.165, 1.54) is 24.3 Å². The number of amides is 1. The van der Waals surface area contributed by atoms with E-state index in [1.807, 2.05) is 19.1 Å². The number of ether oxygens (including phenoxy) is 2. The number of nitro benzene ring substituents is 1. The maximum absolute atomic E-state index is 11.7. The molecule has 0 saturated carbocycles. The first-order valence-electron chi connectivity index (χ1n) is 7.34. The number of esters is 1. The van der Waals surface area contributed by atoms with Crippen molar-refractivity contribution in [3.8, 4) is 5.75 Å². The van der Waals surface area contributed by atoms with Crippen molar-refractivity contribution in [2.45, 2.75) is 6.92 Å². The van der Waals surface area contributed by atoms with Gasteiger partial charge in [0.05, 0.1) is 4.92 Å². The Morgan fingerprint density at radius 1 is 1.08 bits per heavy atom. The third-order valence-electron chi connectivity index (χ3n) is 3.17. The van der Waals surface area contributed by atoms with Gasteiger partial charge in [-0.25, -0.2) is 4.79 Å². The highest BCUT2D eigenvalue weighted by Crippen LogP contribution is 2.16. The van der Waals surface area contributed by atoms with Crippen LogP contribution in [0.15, 0.2) is 48.5 Å². The number of para-hydroxylation sites is 1. The lowest BCUT2D eigenvalue weighted by Gasteiger charge is -2.09. The van der Waals surface area contributed by atoms with Crippen molar-refractivity contribution in [1.29, 1.82) is 0 Å². The zero-order valence-electron chi connectivity index (χ0n) is 13.4. The van der Waals surface area contributed by atoms with Gasteiger partial charge in [0.25, 0.3) is 11.6 Å². The average Bonchev–Trinajstić information content (AvgIpc) is 2.59. The van der Waals surface area contributed by atoms with E-state index in [0.29, 0.717) is 11.4 Å². The van der Waals surface area contributed by atoms with Crippen molar-refractivity contribution in [3.63, 3.8) is 0 Å². The van der Waals surface area contributed by atoms with Crippen molar-refractivity contribution >= 4 is 23.3 Å². The van der Waals surface area contributed by atoms with E-state index in [0.717, 1.165) is 5.56 Å². The molecule has 0 saturated heterocycles. The highest BCUT2D eigenvalue weighted by atomic mass is 16.6. The maximum atomic E-state index is 11.7. The number of hydrogen-bond donors (Lipinski definition) is 1. The third kappa shape index (κ3) is 5.61. The Labute approximate surface area is 143 Å². The minimum Gasteiger partial charge on any atom is -0.482 e. The number of nitro groups is 1. The van der Waals surface area contributed by atoms with Crippen LogP contribution in [0, 0.1) is 17.0 Å². The molecule has 8 nitrogen and oxygen atoms in total. The molecule has 0 aliphatic carbocycles. The SMILES string of the molecule is Cc1ccccc1OCC(=O)OCC(=O)Nc1ccc([N+](=O)[O-])cc1. The van der Waals surface area contributed by atoms with Crippen LogP contribution in [0.1, 0.15) is 5.56 Å². The molecule has 0 aliphatic heterocycles. The van der Waals surface area contributed by atoms with Gasteiger partial charge in [-0.05, 0) is 30.7 Å². The summed E-state index contributed by atoms with van der Waals surface area (Å²) in [7, 11) is 0. The van der Waals surface area contributed by atoms with E-state index in [1.54, 1.807) is 12.1 Å². The second-order valence-electron chi connectivity index (χ2n) is 5.07. The molecule has 25 heavy (non-hydrogen) atoms. The first kappa shape index (κ1) is 17.9. The normalized spacial score (nSPS) is 9.96. The molecule has 1 N–H and O–H groups in total. The van der Waals surface area contributed by atoms with Crippen LogP contribution in [0.25, 0.3) is 0 Å². The van der Waals surface area contributed by atoms with Gasteiger partial charge in [-0.3, -0.25) is 14.9 Å². The maximum Gasteiger partial charge on any atom is 0.344 e. The summed E-state index contributed by atoms with van der Waals surface area (Å²) in [6, 6.07) is 12.5. The van der Waals surface area contributed by atoms with Gasteiger partial charge in [0.1, 0.15) is 5.75 Å². The number of rotatable bonds is 7. The molecule has 1 amide bonds. The van der Waals surface area contributed by atoms with Gasteiger partial charge in [-0.2, -0.15) is 0 Å². The summed E-state index contributed by atoms with van der Waals surface area (Å²) in [5, 5.41) is 13.0. The first-order valence-corrected chi connectivity index (χ1v) is 7.34. The van der Waals surface area contributed by atoms with E-state index < -0.39 is 23.4 Å². The fourth-order valence-electron chi connectivity index (χ4n) is 1.91. The minimum atomic E-state index is -0.679. The number of anilines is 1. The Balaban J connectivity index is 1.74. The Morgan fingerprint density at radius 3 is 2.40 bits per heavy atom. The van der Waals surface area contributed by atoms with Gasteiger partial charge in [-0.15, -0.1) is 0 Å². The smallest absolute Gasteiger partial charge is 0.344 e. The van der Waals surface area contributed by atoms with E-state index in [4.69, 9.17) is 9.47 Å². The topological polar surface area (TPSA) is 108 Å². The number of non-ortho nitro benzene ring substituents is 1. The quantitative estimate of drug-likeness (QED) is 0.469. The van der Waals surface area contributed by atoms with Crippen LogP contribution < -0.4 is 10.1 Å².